The van der Waals surface area contributed by atoms with Gasteiger partial charge in [-0.05, 0) is 68.7 Å². The number of hydrogen-bond donors (Lipinski definition) is 0. The second-order valence-electron chi connectivity index (χ2n) is 6.20. The minimum absolute atomic E-state index is 0.279. The normalized spacial score (nSPS) is 24.9. The minimum Gasteiger partial charge on any atom is -0.493 e. The summed E-state index contributed by atoms with van der Waals surface area (Å²) in [5.74, 6) is 1.53. The molecule has 1 radical (unpaired) electrons. The number of nitrogens with zero attached hydrogens (tertiary/aromatic N) is 1. The summed E-state index contributed by atoms with van der Waals surface area (Å²) in [6, 6.07) is 8.47. The maximum atomic E-state index is 9.73. The average Bonchev–Trinajstić information content (AvgIpc) is 3.08. The molecule has 0 bridgehead atoms. The smallest absolute Gasteiger partial charge is 0.161 e. The van der Waals surface area contributed by atoms with Crippen LogP contribution in [0.25, 0.3) is 0 Å². The number of benzene rings is 1. The van der Waals surface area contributed by atoms with Crippen molar-refractivity contribution in [1.82, 2.24) is 0 Å². The van der Waals surface area contributed by atoms with E-state index in [-0.39, 0.29) is 6.10 Å². The maximum Gasteiger partial charge on any atom is 0.161 e. The molecule has 1 unspecified atom stereocenters. The standard InChI is InChI=1S/C19H22NO2/c1-21-17-10-9-15(19(14-20)11-5-2-6-12-19)13-18(17)22-16-7-3-4-8-16/h5,9-10,13,16H,3-4,6-8,11-12H2,1H3. The molecule has 115 valence electrons. The van der Waals surface area contributed by atoms with Crippen LogP contribution in [0.2, 0.25) is 0 Å². The number of allylic oxidation sites excluding steroid dienone is 2. The molecule has 1 aromatic carbocycles. The number of ether oxygens (including phenoxy) is 2. The van der Waals surface area contributed by atoms with Crippen LogP contribution in [0.5, 0.6) is 11.5 Å². The molecule has 1 atom stereocenters. The highest BCUT2D eigenvalue weighted by Gasteiger charge is 2.33. The maximum absolute atomic E-state index is 9.73. The van der Waals surface area contributed by atoms with Gasteiger partial charge < -0.3 is 9.47 Å². The Kier molecular flexibility index (Phi) is 4.38. The first-order valence-corrected chi connectivity index (χ1v) is 8.09. The molecular formula is C19H22NO2. The summed E-state index contributed by atoms with van der Waals surface area (Å²) in [6.45, 7) is 0. The van der Waals surface area contributed by atoms with Crippen LogP contribution in [0.1, 0.15) is 50.5 Å². The van der Waals surface area contributed by atoms with Gasteiger partial charge >= 0.3 is 0 Å². The second-order valence-corrected chi connectivity index (χ2v) is 6.20. The summed E-state index contributed by atoms with van der Waals surface area (Å²) in [5.41, 5.74) is 0.576. The van der Waals surface area contributed by atoms with Gasteiger partial charge in [0.25, 0.3) is 0 Å². The molecule has 0 amide bonds. The van der Waals surface area contributed by atoms with E-state index in [1.54, 1.807) is 7.11 Å². The van der Waals surface area contributed by atoms with Crippen molar-refractivity contribution in [2.75, 3.05) is 7.11 Å². The molecule has 0 aliphatic heterocycles. The van der Waals surface area contributed by atoms with Crippen LogP contribution in [-0.4, -0.2) is 13.2 Å². The zero-order chi connectivity index (χ0) is 15.4. The summed E-state index contributed by atoms with van der Waals surface area (Å²) >= 11 is 0. The second kappa shape index (κ2) is 6.44. The van der Waals surface area contributed by atoms with Gasteiger partial charge in [0.15, 0.2) is 11.5 Å². The molecule has 3 nitrogen and oxygen atoms in total. The zero-order valence-corrected chi connectivity index (χ0v) is 13.1. The molecule has 3 heteroatoms. The third-order valence-corrected chi connectivity index (χ3v) is 4.82. The summed E-state index contributed by atoms with van der Waals surface area (Å²) in [5, 5.41) is 9.73. The van der Waals surface area contributed by atoms with E-state index >= 15 is 0 Å². The predicted molar refractivity (Wildman–Crippen MR) is 84.8 cm³/mol. The van der Waals surface area contributed by atoms with Crippen LogP contribution in [0.3, 0.4) is 0 Å². The van der Waals surface area contributed by atoms with E-state index < -0.39 is 5.41 Å². The van der Waals surface area contributed by atoms with Crippen molar-refractivity contribution >= 4 is 0 Å². The molecule has 0 spiro atoms. The highest BCUT2D eigenvalue weighted by atomic mass is 16.5. The van der Waals surface area contributed by atoms with Crippen LogP contribution in [0, 0.1) is 17.4 Å². The van der Waals surface area contributed by atoms with Gasteiger partial charge in [0.2, 0.25) is 0 Å². The van der Waals surface area contributed by atoms with Crippen molar-refractivity contribution in [3.8, 4) is 17.6 Å². The fourth-order valence-corrected chi connectivity index (χ4v) is 3.42. The Morgan fingerprint density at radius 3 is 2.73 bits per heavy atom. The van der Waals surface area contributed by atoms with Crippen molar-refractivity contribution in [3.63, 3.8) is 0 Å². The van der Waals surface area contributed by atoms with E-state index in [9.17, 15) is 5.26 Å². The van der Waals surface area contributed by atoms with Gasteiger partial charge in [0, 0.05) is 0 Å². The fourth-order valence-electron chi connectivity index (χ4n) is 3.42. The van der Waals surface area contributed by atoms with Crippen molar-refractivity contribution in [2.24, 2.45) is 0 Å². The number of rotatable bonds is 4. The molecule has 0 aromatic heterocycles. The van der Waals surface area contributed by atoms with Crippen LogP contribution in [0.15, 0.2) is 24.3 Å². The van der Waals surface area contributed by atoms with E-state index in [0.717, 1.165) is 49.2 Å². The van der Waals surface area contributed by atoms with E-state index in [4.69, 9.17) is 9.47 Å². The molecule has 1 fully saturated rings. The fraction of sp³-hybridized carbons (Fsp3) is 0.526. The van der Waals surface area contributed by atoms with Gasteiger partial charge in [-0.1, -0.05) is 12.1 Å². The molecule has 1 aromatic rings. The Hall–Kier alpha value is -1.95. The number of hydrogen-bond acceptors (Lipinski definition) is 3. The van der Waals surface area contributed by atoms with Gasteiger partial charge in [0.05, 0.1) is 24.7 Å². The lowest BCUT2D eigenvalue weighted by Gasteiger charge is -2.29. The first kappa shape index (κ1) is 15.0. The van der Waals surface area contributed by atoms with E-state index in [1.165, 1.54) is 12.8 Å². The predicted octanol–water partition coefficient (Wildman–Crippen LogP) is 4.32. The topological polar surface area (TPSA) is 42.2 Å². The SMILES string of the molecule is COc1ccc(C2(C#N)CC=[C]CC2)cc1OC1CCCC1. The van der Waals surface area contributed by atoms with Crippen LogP contribution < -0.4 is 9.47 Å². The molecule has 0 heterocycles. The lowest BCUT2D eigenvalue weighted by Crippen LogP contribution is -2.25. The van der Waals surface area contributed by atoms with Crippen molar-refractivity contribution < 1.29 is 9.47 Å². The third-order valence-electron chi connectivity index (χ3n) is 4.82. The van der Waals surface area contributed by atoms with Crippen molar-refractivity contribution in [1.29, 1.82) is 5.26 Å². The Morgan fingerprint density at radius 2 is 2.09 bits per heavy atom. The van der Waals surface area contributed by atoms with Crippen LogP contribution >= 0.6 is 0 Å². The van der Waals surface area contributed by atoms with E-state index in [2.05, 4.69) is 12.1 Å². The van der Waals surface area contributed by atoms with Crippen LogP contribution in [0.4, 0.5) is 0 Å². The Bertz CT molecular complexity index is 596. The van der Waals surface area contributed by atoms with Gasteiger partial charge in [-0.2, -0.15) is 5.26 Å². The van der Waals surface area contributed by atoms with Gasteiger partial charge in [0.1, 0.15) is 0 Å². The molecule has 0 saturated heterocycles. The highest BCUT2D eigenvalue weighted by Crippen LogP contribution is 2.40. The summed E-state index contributed by atoms with van der Waals surface area (Å²) < 4.78 is 11.6. The molecule has 2 aliphatic carbocycles. The van der Waals surface area contributed by atoms with Crippen molar-refractivity contribution in [3.05, 3.63) is 35.9 Å². The Labute approximate surface area is 132 Å². The molecule has 3 rings (SSSR count). The molecule has 0 N–H and O–H groups in total. The summed E-state index contributed by atoms with van der Waals surface area (Å²) in [6.07, 6.45) is 12.5. The van der Waals surface area contributed by atoms with E-state index in [0.29, 0.717) is 0 Å². The lowest BCUT2D eigenvalue weighted by molar-refractivity contribution is 0.200. The molecule has 1 saturated carbocycles. The Morgan fingerprint density at radius 1 is 1.27 bits per heavy atom. The summed E-state index contributed by atoms with van der Waals surface area (Å²) in [4.78, 5) is 0. The monoisotopic (exact) mass is 296 g/mol. The number of methoxy groups -OCH3 is 1. The first-order chi connectivity index (χ1) is 10.8. The first-order valence-electron chi connectivity index (χ1n) is 8.09. The van der Waals surface area contributed by atoms with Gasteiger partial charge in [-0.25, -0.2) is 0 Å². The van der Waals surface area contributed by atoms with Gasteiger partial charge in [-0.3, -0.25) is 0 Å². The van der Waals surface area contributed by atoms with Crippen molar-refractivity contribution in [2.45, 2.75) is 56.5 Å². The zero-order valence-electron chi connectivity index (χ0n) is 13.1. The Balaban J connectivity index is 1.92. The van der Waals surface area contributed by atoms with E-state index in [1.807, 2.05) is 24.3 Å². The van der Waals surface area contributed by atoms with Gasteiger partial charge in [-0.15, -0.1) is 0 Å². The third kappa shape index (κ3) is 2.83. The highest BCUT2D eigenvalue weighted by molar-refractivity contribution is 5.47. The average molecular weight is 296 g/mol. The molecule has 22 heavy (non-hydrogen) atoms. The molecule has 2 aliphatic rings. The largest absolute Gasteiger partial charge is 0.493 e. The lowest BCUT2D eigenvalue weighted by atomic mass is 9.73. The minimum atomic E-state index is -0.453. The summed E-state index contributed by atoms with van der Waals surface area (Å²) in [7, 11) is 1.66. The molecular weight excluding hydrogens is 274 g/mol. The van der Waals surface area contributed by atoms with Crippen LogP contribution in [-0.2, 0) is 5.41 Å². The number of nitriles is 1. The quantitative estimate of drug-likeness (QED) is 0.831.